The minimum Gasteiger partial charge on any atom is -0.326 e. The van der Waals surface area contributed by atoms with Crippen LogP contribution in [0, 0.1) is 6.92 Å². The predicted molar refractivity (Wildman–Crippen MR) is 68.3 cm³/mol. The lowest BCUT2D eigenvalue weighted by molar-refractivity contribution is 0.449. The van der Waals surface area contributed by atoms with Gasteiger partial charge in [-0.15, -0.1) is 11.3 Å². The van der Waals surface area contributed by atoms with Gasteiger partial charge in [-0.25, -0.2) is 0 Å². The minimum atomic E-state index is -0.0266. The van der Waals surface area contributed by atoms with Gasteiger partial charge in [-0.1, -0.05) is 0 Å². The van der Waals surface area contributed by atoms with E-state index in [2.05, 4.69) is 38.2 Å². The summed E-state index contributed by atoms with van der Waals surface area (Å²) >= 11 is 1.86. The summed E-state index contributed by atoms with van der Waals surface area (Å²) in [5.41, 5.74) is 5.88. The molecule has 15 heavy (non-hydrogen) atoms. The number of rotatable bonds is 6. The second-order valence-electron chi connectivity index (χ2n) is 4.78. The SMILES string of the molecule is Cc1ccc(CNCCCC(C)(C)N)s1. The lowest BCUT2D eigenvalue weighted by atomic mass is 10.0. The molecule has 1 aromatic rings. The molecule has 86 valence electrons. The van der Waals surface area contributed by atoms with Crippen molar-refractivity contribution in [3.8, 4) is 0 Å². The van der Waals surface area contributed by atoms with Crippen LogP contribution in [0.5, 0.6) is 0 Å². The standard InChI is InChI=1S/C12H22N2S/c1-10-5-6-11(15-10)9-14-8-4-7-12(2,3)13/h5-6,14H,4,7-9,13H2,1-3H3. The molecule has 0 aliphatic carbocycles. The van der Waals surface area contributed by atoms with Crippen LogP contribution in [0.15, 0.2) is 12.1 Å². The summed E-state index contributed by atoms with van der Waals surface area (Å²) in [6.07, 6.45) is 2.22. The highest BCUT2D eigenvalue weighted by molar-refractivity contribution is 7.11. The summed E-state index contributed by atoms with van der Waals surface area (Å²) in [5.74, 6) is 0. The van der Waals surface area contributed by atoms with E-state index in [0.717, 1.165) is 25.9 Å². The number of nitrogens with one attached hydrogen (secondary N) is 1. The molecule has 0 aromatic carbocycles. The Hall–Kier alpha value is -0.380. The Kier molecular flexibility index (Phi) is 4.77. The van der Waals surface area contributed by atoms with Crippen molar-refractivity contribution < 1.29 is 0 Å². The molecule has 3 N–H and O–H groups in total. The Morgan fingerprint density at radius 2 is 2.13 bits per heavy atom. The lowest BCUT2D eigenvalue weighted by Gasteiger charge is -2.17. The van der Waals surface area contributed by atoms with Crippen molar-refractivity contribution in [1.82, 2.24) is 5.32 Å². The minimum absolute atomic E-state index is 0.0266. The second-order valence-corrected chi connectivity index (χ2v) is 6.15. The highest BCUT2D eigenvalue weighted by atomic mass is 32.1. The summed E-state index contributed by atoms with van der Waals surface area (Å²) in [6.45, 7) is 8.34. The zero-order valence-corrected chi connectivity index (χ0v) is 10.8. The molecule has 0 bridgehead atoms. The molecular weight excluding hydrogens is 204 g/mol. The van der Waals surface area contributed by atoms with Crippen LogP contribution in [0.25, 0.3) is 0 Å². The maximum Gasteiger partial charge on any atom is 0.0299 e. The third-order valence-electron chi connectivity index (χ3n) is 2.27. The molecule has 0 amide bonds. The smallest absolute Gasteiger partial charge is 0.0299 e. The number of thiophene rings is 1. The molecule has 0 saturated carbocycles. The molecular formula is C12H22N2S. The van der Waals surface area contributed by atoms with Crippen LogP contribution >= 0.6 is 11.3 Å². The van der Waals surface area contributed by atoms with Crippen molar-refractivity contribution in [2.45, 2.75) is 45.7 Å². The molecule has 0 aliphatic heterocycles. The predicted octanol–water partition coefficient (Wildman–Crippen LogP) is 2.66. The molecule has 2 nitrogen and oxygen atoms in total. The number of hydrogen-bond donors (Lipinski definition) is 2. The van der Waals surface area contributed by atoms with Crippen LogP contribution in [0.1, 0.15) is 36.4 Å². The van der Waals surface area contributed by atoms with E-state index in [1.807, 2.05) is 11.3 Å². The third-order valence-corrected chi connectivity index (χ3v) is 3.27. The van der Waals surface area contributed by atoms with E-state index in [9.17, 15) is 0 Å². The highest BCUT2D eigenvalue weighted by Crippen LogP contribution is 2.14. The Bertz CT molecular complexity index is 286. The van der Waals surface area contributed by atoms with Crippen molar-refractivity contribution in [2.75, 3.05) is 6.54 Å². The zero-order valence-electron chi connectivity index (χ0n) is 9.97. The van der Waals surface area contributed by atoms with Crippen LogP contribution in [0.2, 0.25) is 0 Å². The summed E-state index contributed by atoms with van der Waals surface area (Å²) in [4.78, 5) is 2.80. The molecule has 0 spiro atoms. The van der Waals surface area contributed by atoms with Crippen molar-refractivity contribution >= 4 is 11.3 Å². The fourth-order valence-electron chi connectivity index (χ4n) is 1.46. The molecule has 0 unspecified atom stereocenters. The molecule has 0 saturated heterocycles. The zero-order chi connectivity index (χ0) is 11.3. The van der Waals surface area contributed by atoms with E-state index in [-0.39, 0.29) is 5.54 Å². The molecule has 0 aliphatic rings. The second kappa shape index (κ2) is 5.64. The van der Waals surface area contributed by atoms with Crippen molar-refractivity contribution in [3.63, 3.8) is 0 Å². The van der Waals surface area contributed by atoms with Gasteiger partial charge < -0.3 is 11.1 Å². The fraction of sp³-hybridized carbons (Fsp3) is 0.667. The van der Waals surface area contributed by atoms with Crippen molar-refractivity contribution in [1.29, 1.82) is 0 Å². The average molecular weight is 226 g/mol. The van der Waals surface area contributed by atoms with Crippen LogP contribution < -0.4 is 11.1 Å². The number of aryl methyl sites for hydroxylation is 1. The van der Waals surface area contributed by atoms with Crippen molar-refractivity contribution in [2.24, 2.45) is 5.73 Å². The van der Waals surface area contributed by atoms with Gasteiger partial charge in [0.1, 0.15) is 0 Å². The Morgan fingerprint density at radius 3 is 2.67 bits per heavy atom. The Morgan fingerprint density at radius 1 is 1.40 bits per heavy atom. The highest BCUT2D eigenvalue weighted by Gasteiger charge is 2.08. The van der Waals surface area contributed by atoms with Gasteiger partial charge in [0, 0.05) is 21.8 Å². The summed E-state index contributed by atoms with van der Waals surface area (Å²) in [5, 5.41) is 3.44. The van der Waals surface area contributed by atoms with Gasteiger partial charge >= 0.3 is 0 Å². The molecule has 1 aromatic heterocycles. The normalized spacial score (nSPS) is 12.0. The fourth-order valence-corrected chi connectivity index (χ4v) is 2.32. The van der Waals surface area contributed by atoms with E-state index in [1.54, 1.807) is 0 Å². The molecule has 3 heteroatoms. The molecule has 0 atom stereocenters. The lowest BCUT2D eigenvalue weighted by Crippen LogP contribution is -2.32. The largest absolute Gasteiger partial charge is 0.326 e. The van der Waals surface area contributed by atoms with E-state index < -0.39 is 0 Å². The molecule has 0 fully saturated rings. The third kappa shape index (κ3) is 5.92. The van der Waals surface area contributed by atoms with Crippen molar-refractivity contribution in [3.05, 3.63) is 21.9 Å². The van der Waals surface area contributed by atoms with E-state index >= 15 is 0 Å². The summed E-state index contributed by atoms with van der Waals surface area (Å²) in [7, 11) is 0. The van der Waals surface area contributed by atoms with Crippen LogP contribution in [-0.2, 0) is 6.54 Å². The first kappa shape index (κ1) is 12.7. The monoisotopic (exact) mass is 226 g/mol. The average Bonchev–Trinajstić information content (AvgIpc) is 2.49. The molecule has 0 radical (unpaired) electrons. The van der Waals surface area contributed by atoms with Crippen LogP contribution in [0.4, 0.5) is 0 Å². The number of hydrogen-bond acceptors (Lipinski definition) is 3. The van der Waals surface area contributed by atoms with Gasteiger partial charge in [-0.05, 0) is 52.3 Å². The van der Waals surface area contributed by atoms with Gasteiger partial charge in [0.05, 0.1) is 0 Å². The van der Waals surface area contributed by atoms with E-state index in [0.29, 0.717) is 0 Å². The van der Waals surface area contributed by atoms with E-state index in [4.69, 9.17) is 5.73 Å². The maximum atomic E-state index is 5.91. The summed E-state index contributed by atoms with van der Waals surface area (Å²) < 4.78 is 0. The van der Waals surface area contributed by atoms with Crippen LogP contribution in [0.3, 0.4) is 0 Å². The van der Waals surface area contributed by atoms with Gasteiger partial charge in [0.2, 0.25) is 0 Å². The van der Waals surface area contributed by atoms with Crippen LogP contribution in [-0.4, -0.2) is 12.1 Å². The first-order chi connectivity index (χ1) is 6.97. The Labute approximate surface area is 96.9 Å². The van der Waals surface area contributed by atoms with Gasteiger partial charge in [-0.2, -0.15) is 0 Å². The maximum absolute atomic E-state index is 5.91. The number of nitrogens with two attached hydrogens (primary N) is 1. The summed E-state index contributed by atoms with van der Waals surface area (Å²) in [6, 6.07) is 4.37. The quantitative estimate of drug-likeness (QED) is 0.732. The van der Waals surface area contributed by atoms with Gasteiger partial charge in [0.25, 0.3) is 0 Å². The van der Waals surface area contributed by atoms with Gasteiger partial charge in [-0.3, -0.25) is 0 Å². The van der Waals surface area contributed by atoms with Gasteiger partial charge in [0.15, 0.2) is 0 Å². The first-order valence-electron chi connectivity index (χ1n) is 5.52. The molecule has 1 heterocycles. The Balaban J connectivity index is 2.07. The topological polar surface area (TPSA) is 38.0 Å². The molecule has 1 rings (SSSR count). The van der Waals surface area contributed by atoms with E-state index in [1.165, 1.54) is 9.75 Å². The first-order valence-corrected chi connectivity index (χ1v) is 6.34.